The molecule has 0 bridgehead atoms. The van der Waals surface area contributed by atoms with Gasteiger partial charge in [-0.05, 0) is 49.3 Å². The van der Waals surface area contributed by atoms with Crippen LogP contribution in [0.15, 0.2) is 18.2 Å². The van der Waals surface area contributed by atoms with Crippen LogP contribution in [0, 0.1) is 12.3 Å². The van der Waals surface area contributed by atoms with E-state index in [-0.39, 0.29) is 30.1 Å². The molecule has 1 aromatic rings. The first-order valence-corrected chi connectivity index (χ1v) is 9.21. The maximum absolute atomic E-state index is 12.4. The largest absolute Gasteiger partial charge is 0.483 e. The number of aliphatic hydroxyl groups excluding tert-OH is 1. The predicted molar refractivity (Wildman–Crippen MR) is 95.8 cm³/mol. The number of aliphatic hydroxyl groups is 1. The number of rotatable bonds is 5. The highest BCUT2D eigenvalue weighted by Gasteiger charge is 2.55. The standard InChI is InChI=1S/C20H29NO4/c1-13(2)15-5-4-14(3)10-16(15)25-12-19(23)21-17-11-18(22)20(17)6-8-24-9-7-20/h4-5,10,13,17-18,22H,6-9,11-12H2,1-3H3,(H,21,23)/t17-,18-/m1/s1. The number of benzene rings is 1. The van der Waals surface area contributed by atoms with Crippen LogP contribution in [0.25, 0.3) is 0 Å². The Morgan fingerprint density at radius 3 is 2.76 bits per heavy atom. The molecule has 1 saturated carbocycles. The van der Waals surface area contributed by atoms with Crippen molar-refractivity contribution >= 4 is 5.91 Å². The number of carbonyl (C=O) groups excluding carboxylic acids is 1. The van der Waals surface area contributed by atoms with E-state index in [0.29, 0.717) is 25.6 Å². The topological polar surface area (TPSA) is 67.8 Å². The van der Waals surface area contributed by atoms with Crippen LogP contribution in [0.4, 0.5) is 0 Å². The van der Waals surface area contributed by atoms with Crippen molar-refractivity contribution in [1.82, 2.24) is 5.32 Å². The lowest BCUT2D eigenvalue weighted by atomic mass is 9.58. The van der Waals surface area contributed by atoms with Crippen molar-refractivity contribution in [3.8, 4) is 5.75 Å². The average molecular weight is 347 g/mol. The summed E-state index contributed by atoms with van der Waals surface area (Å²) in [5.41, 5.74) is 2.02. The molecule has 0 unspecified atom stereocenters. The van der Waals surface area contributed by atoms with Gasteiger partial charge in [0.25, 0.3) is 5.91 Å². The molecule has 2 N–H and O–H groups in total. The van der Waals surface area contributed by atoms with Gasteiger partial charge in [-0.1, -0.05) is 26.0 Å². The van der Waals surface area contributed by atoms with E-state index >= 15 is 0 Å². The summed E-state index contributed by atoms with van der Waals surface area (Å²) in [5, 5.41) is 13.3. The first kappa shape index (κ1) is 18.2. The quantitative estimate of drug-likeness (QED) is 0.859. The number of ether oxygens (including phenoxy) is 2. The summed E-state index contributed by atoms with van der Waals surface area (Å²) in [4.78, 5) is 12.4. The highest BCUT2D eigenvalue weighted by Crippen LogP contribution is 2.48. The normalized spacial score (nSPS) is 24.8. The second-order valence-corrected chi connectivity index (χ2v) is 7.70. The summed E-state index contributed by atoms with van der Waals surface area (Å²) in [7, 11) is 0. The summed E-state index contributed by atoms with van der Waals surface area (Å²) in [6.07, 6.45) is 1.88. The van der Waals surface area contributed by atoms with Crippen LogP contribution >= 0.6 is 0 Å². The van der Waals surface area contributed by atoms with Crippen molar-refractivity contribution in [2.45, 2.75) is 58.1 Å². The van der Waals surface area contributed by atoms with Crippen molar-refractivity contribution in [2.75, 3.05) is 19.8 Å². The van der Waals surface area contributed by atoms with Crippen molar-refractivity contribution in [1.29, 1.82) is 0 Å². The first-order valence-electron chi connectivity index (χ1n) is 9.21. The molecule has 138 valence electrons. The van der Waals surface area contributed by atoms with Gasteiger partial charge in [-0.15, -0.1) is 0 Å². The lowest BCUT2D eigenvalue weighted by Crippen LogP contribution is -2.66. The van der Waals surface area contributed by atoms with Crippen molar-refractivity contribution in [2.24, 2.45) is 5.41 Å². The summed E-state index contributed by atoms with van der Waals surface area (Å²) >= 11 is 0. The van der Waals surface area contributed by atoms with E-state index < -0.39 is 0 Å². The Labute approximate surface area is 149 Å². The van der Waals surface area contributed by atoms with E-state index in [4.69, 9.17) is 9.47 Å². The van der Waals surface area contributed by atoms with E-state index in [1.54, 1.807) is 0 Å². The second-order valence-electron chi connectivity index (χ2n) is 7.70. The fraction of sp³-hybridized carbons (Fsp3) is 0.650. The molecule has 1 heterocycles. The molecule has 2 atom stereocenters. The zero-order valence-corrected chi connectivity index (χ0v) is 15.4. The molecule has 1 aliphatic heterocycles. The van der Waals surface area contributed by atoms with E-state index in [1.165, 1.54) is 0 Å². The molecule has 3 rings (SSSR count). The minimum absolute atomic E-state index is 0.00233. The Kier molecular flexibility index (Phi) is 5.35. The fourth-order valence-electron chi connectivity index (χ4n) is 4.02. The molecular formula is C20H29NO4. The zero-order chi connectivity index (χ0) is 18.0. The Hall–Kier alpha value is -1.59. The monoisotopic (exact) mass is 347 g/mol. The molecule has 1 aromatic carbocycles. The third-order valence-corrected chi connectivity index (χ3v) is 5.73. The minimum atomic E-state index is -0.341. The van der Waals surface area contributed by atoms with Gasteiger partial charge in [0.2, 0.25) is 0 Å². The molecule has 1 saturated heterocycles. The Balaban J connectivity index is 1.58. The third-order valence-electron chi connectivity index (χ3n) is 5.73. The van der Waals surface area contributed by atoms with E-state index in [2.05, 4.69) is 31.3 Å². The molecule has 1 amide bonds. The van der Waals surface area contributed by atoms with Crippen molar-refractivity contribution in [3.63, 3.8) is 0 Å². The smallest absolute Gasteiger partial charge is 0.258 e. The van der Waals surface area contributed by atoms with Crippen LogP contribution in [0.1, 0.15) is 50.2 Å². The van der Waals surface area contributed by atoms with Crippen LogP contribution in [-0.2, 0) is 9.53 Å². The second kappa shape index (κ2) is 7.34. The molecule has 5 heteroatoms. The van der Waals surface area contributed by atoms with Gasteiger partial charge >= 0.3 is 0 Å². The van der Waals surface area contributed by atoms with Crippen LogP contribution in [0.3, 0.4) is 0 Å². The predicted octanol–water partition coefficient (Wildman–Crippen LogP) is 2.54. The lowest BCUT2D eigenvalue weighted by Gasteiger charge is -2.55. The number of hydrogen-bond donors (Lipinski definition) is 2. The third kappa shape index (κ3) is 3.67. The Morgan fingerprint density at radius 2 is 2.12 bits per heavy atom. The fourth-order valence-corrected chi connectivity index (χ4v) is 4.02. The van der Waals surface area contributed by atoms with Gasteiger partial charge in [-0.25, -0.2) is 0 Å². The molecule has 2 aliphatic rings. The highest BCUT2D eigenvalue weighted by atomic mass is 16.5. The van der Waals surface area contributed by atoms with Gasteiger partial charge in [-0.2, -0.15) is 0 Å². The van der Waals surface area contributed by atoms with Gasteiger partial charge in [0.05, 0.1) is 6.10 Å². The summed E-state index contributed by atoms with van der Waals surface area (Å²) in [6.45, 7) is 7.55. The summed E-state index contributed by atoms with van der Waals surface area (Å²) < 4.78 is 11.2. The number of aryl methyl sites for hydroxylation is 1. The molecule has 5 nitrogen and oxygen atoms in total. The van der Waals surface area contributed by atoms with Crippen LogP contribution < -0.4 is 10.1 Å². The summed E-state index contributed by atoms with van der Waals surface area (Å²) in [5.74, 6) is 0.990. The van der Waals surface area contributed by atoms with Gasteiger partial charge < -0.3 is 19.9 Å². The molecule has 25 heavy (non-hydrogen) atoms. The number of carbonyl (C=O) groups is 1. The number of nitrogens with one attached hydrogen (secondary N) is 1. The van der Waals surface area contributed by atoms with Crippen molar-refractivity contribution < 1.29 is 19.4 Å². The molecule has 1 aliphatic carbocycles. The van der Waals surface area contributed by atoms with Gasteiger partial charge in [-0.3, -0.25) is 4.79 Å². The highest BCUT2D eigenvalue weighted by molar-refractivity contribution is 5.78. The van der Waals surface area contributed by atoms with Crippen LogP contribution in [-0.4, -0.2) is 43.0 Å². The maximum atomic E-state index is 12.4. The van der Waals surface area contributed by atoms with Gasteiger partial charge in [0.15, 0.2) is 6.61 Å². The van der Waals surface area contributed by atoms with E-state index in [0.717, 1.165) is 29.7 Å². The molecule has 1 spiro atoms. The number of hydrogen-bond acceptors (Lipinski definition) is 4. The summed E-state index contributed by atoms with van der Waals surface area (Å²) in [6, 6.07) is 6.12. The van der Waals surface area contributed by atoms with E-state index in [9.17, 15) is 9.90 Å². The van der Waals surface area contributed by atoms with Crippen molar-refractivity contribution in [3.05, 3.63) is 29.3 Å². The zero-order valence-electron chi connectivity index (χ0n) is 15.4. The number of amides is 1. The molecule has 0 radical (unpaired) electrons. The Morgan fingerprint density at radius 1 is 1.40 bits per heavy atom. The molecule has 0 aromatic heterocycles. The minimum Gasteiger partial charge on any atom is -0.483 e. The van der Waals surface area contributed by atoms with E-state index in [1.807, 2.05) is 13.0 Å². The average Bonchev–Trinajstić information content (AvgIpc) is 2.60. The van der Waals surface area contributed by atoms with Gasteiger partial charge in [0, 0.05) is 24.7 Å². The molecule has 2 fully saturated rings. The maximum Gasteiger partial charge on any atom is 0.258 e. The van der Waals surface area contributed by atoms with Gasteiger partial charge in [0.1, 0.15) is 5.75 Å². The first-order chi connectivity index (χ1) is 11.9. The Bertz CT molecular complexity index is 622. The van der Waals surface area contributed by atoms with Crippen LogP contribution in [0.5, 0.6) is 5.75 Å². The lowest BCUT2D eigenvalue weighted by molar-refractivity contribution is -0.156. The SMILES string of the molecule is Cc1ccc(C(C)C)c(OCC(=O)N[C@@H]2C[C@@H](O)C23CCOCC3)c1. The molecular weight excluding hydrogens is 318 g/mol. The van der Waals surface area contributed by atoms with Crippen LogP contribution in [0.2, 0.25) is 0 Å².